The molecule has 0 N–H and O–H groups in total. The van der Waals surface area contributed by atoms with E-state index in [1.165, 1.54) is 0 Å². The summed E-state index contributed by atoms with van der Waals surface area (Å²) >= 11 is 3.45. The Labute approximate surface area is 167 Å². The molecule has 0 atom stereocenters. The van der Waals surface area contributed by atoms with Gasteiger partial charge in [0.25, 0.3) is 5.56 Å². The summed E-state index contributed by atoms with van der Waals surface area (Å²) in [7, 11) is 1.57. The molecule has 0 unspecified atom stereocenters. The number of benzene rings is 1. The van der Waals surface area contributed by atoms with Crippen LogP contribution in [0.4, 0.5) is 4.79 Å². The molecule has 3 rings (SSSR count). The Morgan fingerprint density at radius 2 is 1.89 bits per heavy atom. The molecule has 1 fully saturated rings. The van der Waals surface area contributed by atoms with Crippen molar-refractivity contribution in [2.24, 2.45) is 0 Å². The zero-order valence-corrected chi connectivity index (χ0v) is 17.7. The maximum Gasteiger partial charge on any atom is 0.410 e. The summed E-state index contributed by atoms with van der Waals surface area (Å²) in [6.07, 6.45) is 2.97. The van der Waals surface area contributed by atoms with Crippen LogP contribution in [0.3, 0.4) is 0 Å². The van der Waals surface area contributed by atoms with Crippen LogP contribution in [0.1, 0.15) is 39.7 Å². The van der Waals surface area contributed by atoms with Crippen molar-refractivity contribution in [3.63, 3.8) is 0 Å². The van der Waals surface area contributed by atoms with Crippen LogP contribution in [0.2, 0.25) is 0 Å². The van der Waals surface area contributed by atoms with Gasteiger partial charge in [-0.1, -0.05) is 15.9 Å². The molecule has 1 saturated heterocycles. The maximum absolute atomic E-state index is 13.1. The number of nitrogens with zero attached hydrogens (tertiary/aromatic N) is 2. The highest BCUT2D eigenvalue weighted by Crippen LogP contribution is 2.29. The number of piperidine rings is 1. The highest BCUT2D eigenvalue weighted by Gasteiger charge is 2.28. The Morgan fingerprint density at radius 1 is 1.22 bits per heavy atom. The van der Waals surface area contributed by atoms with Gasteiger partial charge in [0.2, 0.25) is 0 Å². The number of hydrogen-bond acceptors (Lipinski definition) is 4. The lowest BCUT2D eigenvalue weighted by Crippen LogP contribution is -2.43. The topological polar surface area (TPSA) is 60.8 Å². The summed E-state index contributed by atoms with van der Waals surface area (Å²) in [5.41, 5.74) is -0.568. The van der Waals surface area contributed by atoms with Crippen molar-refractivity contribution in [2.45, 2.75) is 45.3 Å². The summed E-state index contributed by atoms with van der Waals surface area (Å²) in [5.74, 6) is 0.560. The molecule has 1 amide bonds. The molecule has 1 aliphatic heterocycles. The lowest BCUT2D eigenvalue weighted by atomic mass is 10.0. The van der Waals surface area contributed by atoms with Crippen LogP contribution < -0.4 is 10.3 Å². The number of methoxy groups -OCH3 is 1. The molecule has 0 radical (unpaired) electrons. The van der Waals surface area contributed by atoms with Gasteiger partial charge in [-0.25, -0.2) is 4.79 Å². The minimum Gasteiger partial charge on any atom is -0.496 e. The normalized spacial score (nSPS) is 15.8. The predicted molar refractivity (Wildman–Crippen MR) is 109 cm³/mol. The van der Waals surface area contributed by atoms with Crippen LogP contribution >= 0.6 is 15.9 Å². The van der Waals surface area contributed by atoms with Gasteiger partial charge in [0.15, 0.2) is 0 Å². The highest BCUT2D eigenvalue weighted by atomic mass is 79.9. The monoisotopic (exact) mass is 436 g/mol. The maximum atomic E-state index is 13.1. The molecule has 0 saturated carbocycles. The molecule has 7 heteroatoms. The van der Waals surface area contributed by atoms with Gasteiger partial charge in [-0.15, -0.1) is 0 Å². The van der Waals surface area contributed by atoms with Crippen LogP contribution in [0.25, 0.3) is 10.8 Å². The molecule has 1 aromatic heterocycles. The highest BCUT2D eigenvalue weighted by molar-refractivity contribution is 9.10. The Balaban J connectivity index is 1.82. The number of fused-ring (bicyclic) bond motifs is 1. The lowest BCUT2D eigenvalue weighted by molar-refractivity contribution is 0.0187. The second-order valence-electron chi connectivity index (χ2n) is 7.80. The molecule has 2 heterocycles. The lowest BCUT2D eigenvalue weighted by Gasteiger charge is -2.34. The van der Waals surface area contributed by atoms with E-state index in [9.17, 15) is 9.59 Å². The minimum absolute atomic E-state index is 0.0499. The summed E-state index contributed by atoms with van der Waals surface area (Å²) < 4.78 is 13.5. The second-order valence-corrected chi connectivity index (χ2v) is 8.71. The van der Waals surface area contributed by atoms with E-state index in [4.69, 9.17) is 9.47 Å². The van der Waals surface area contributed by atoms with Crippen LogP contribution in [-0.2, 0) is 4.74 Å². The van der Waals surface area contributed by atoms with Crippen molar-refractivity contribution in [1.82, 2.24) is 9.47 Å². The molecule has 6 nitrogen and oxygen atoms in total. The van der Waals surface area contributed by atoms with Crippen molar-refractivity contribution in [3.8, 4) is 5.75 Å². The number of ether oxygens (including phenoxy) is 2. The van der Waals surface area contributed by atoms with Crippen LogP contribution in [-0.4, -0.2) is 41.4 Å². The third-order valence-corrected chi connectivity index (χ3v) is 5.15. The predicted octanol–water partition coefficient (Wildman–Crippen LogP) is 4.34. The van der Waals surface area contributed by atoms with Gasteiger partial charge < -0.3 is 18.9 Å². The molecule has 1 aromatic carbocycles. The van der Waals surface area contributed by atoms with E-state index in [0.29, 0.717) is 37.1 Å². The van der Waals surface area contributed by atoms with Crippen LogP contribution in [0, 0.1) is 0 Å². The first-order valence-electron chi connectivity index (χ1n) is 9.06. The third-order valence-electron chi connectivity index (χ3n) is 4.69. The number of rotatable bonds is 2. The van der Waals surface area contributed by atoms with E-state index in [-0.39, 0.29) is 17.7 Å². The number of carbonyl (C=O) groups is 1. The molecule has 1 aliphatic rings. The summed E-state index contributed by atoms with van der Waals surface area (Å²) in [6, 6.07) is 5.70. The van der Waals surface area contributed by atoms with Crippen molar-refractivity contribution >= 4 is 32.8 Å². The number of aromatic nitrogens is 1. The number of halogens is 1. The summed E-state index contributed by atoms with van der Waals surface area (Å²) in [5, 5.41) is 1.42. The molecular formula is C20H25BrN2O4. The van der Waals surface area contributed by atoms with E-state index >= 15 is 0 Å². The van der Waals surface area contributed by atoms with Crippen molar-refractivity contribution in [1.29, 1.82) is 0 Å². The molecule has 0 aliphatic carbocycles. The van der Waals surface area contributed by atoms with Crippen molar-refractivity contribution < 1.29 is 14.3 Å². The average molecular weight is 437 g/mol. The zero-order chi connectivity index (χ0) is 19.8. The molecule has 27 heavy (non-hydrogen) atoms. The number of pyridine rings is 1. The first-order chi connectivity index (χ1) is 12.7. The van der Waals surface area contributed by atoms with Gasteiger partial charge in [-0.05, 0) is 57.2 Å². The van der Waals surface area contributed by atoms with E-state index < -0.39 is 5.60 Å². The van der Waals surface area contributed by atoms with Crippen molar-refractivity contribution in [2.75, 3.05) is 20.2 Å². The quantitative estimate of drug-likeness (QED) is 0.701. The fourth-order valence-corrected chi connectivity index (χ4v) is 3.88. The average Bonchev–Trinajstić information content (AvgIpc) is 2.60. The molecule has 2 aromatic rings. The van der Waals surface area contributed by atoms with E-state index in [2.05, 4.69) is 15.9 Å². The van der Waals surface area contributed by atoms with Crippen LogP contribution in [0.15, 0.2) is 33.7 Å². The molecular weight excluding hydrogens is 412 g/mol. The fraction of sp³-hybridized carbons (Fsp3) is 0.500. The third kappa shape index (κ3) is 4.29. The molecule has 146 valence electrons. The second kappa shape index (κ2) is 7.54. The standard InChI is InChI=1S/C20H25BrN2O4/c1-20(2,3)27-19(25)22-8-6-15(7-9-22)23-10-5-13-11-14(21)12-16(26-4)17(13)18(23)24/h5,10-12,15H,6-9H2,1-4H3. The Kier molecular flexibility index (Phi) is 5.51. The van der Waals surface area contributed by atoms with Gasteiger partial charge in [0.1, 0.15) is 11.4 Å². The number of carbonyl (C=O) groups excluding carboxylic acids is 1. The van der Waals surface area contributed by atoms with Gasteiger partial charge in [0, 0.05) is 29.8 Å². The van der Waals surface area contributed by atoms with Gasteiger partial charge in [-0.3, -0.25) is 4.79 Å². The SMILES string of the molecule is COc1cc(Br)cc2ccn(C3CCN(C(=O)OC(C)(C)C)CC3)c(=O)c12. The number of likely N-dealkylation sites (tertiary alicyclic amines) is 1. The van der Waals surface area contributed by atoms with Gasteiger partial charge in [0.05, 0.1) is 12.5 Å². The van der Waals surface area contributed by atoms with E-state index in [1.807, 2.05) is 39.1 Å². The summed E-state index contributed by atoms with van der Waals surface area (Å²) in [6.45, 7) is 6.72. The number of amides is 1. The Hall–Kier alpha value is -2.02. The van der Waals surface area contributed by atoms with Gasteiger partial charge in [-0.2, -0.15) is 0 Å². The zero-order valence-electron chi connectivity index (χ0n) is 16.1. The Bertz CT molecular complexity index is 909. The fourth-order valence-electron chi connectivity index (χ4n) is 3.42. The van der Waals surface area contributed by atoms with Crippen LogP contribution in [0.5, 0.6) is 5.75 Å². The Morgan fingerprint density at radius 3 is 2.48 bits per heavy atom. The van der Waals surface area contributed by atoms with E-state index in [0.717, 1.165) is 9.86 Å². The smallest absolute Gasteiger partial charge is 0.410 e. The summed E-state index contributed by atoms with van der Waals surface area (Å²) in [4.78, 5) is 27.0. The van der Waals surface area contributed by atoms with Crippen molar-refractivity contribution in [3.05, 3.63) is 39.2 Å². The first kappa shape index (κ1) is 19.7. The minimum atomic E-state index is -0.506. The molecule has 0 bridgehead atoms. The largest absolute Gasteiger partial charge is 0.496 e. The first-order valence-corrected chi connectivity index (χ1v) is 9.85. The van der Waals surface area contributed by atoms with E-state index in [1.54, 1.807) is 22.6 Å². The number of hydrogen-bond donors (Lipinski definition) is 0. The van der Waals surface area contributed by atoms with Gasteiger partial charge >= 0.3 is 6.09 Å². The molecule has 0 spiro atoms.